The average molecular weight is 524 g/mol. The molecule has 0 spiro atoms. The quantitative estimate of drug-likeness (QED) is 0.240. The molecular formula is C23H30FN4O7P. The van der Waals surface area contributed by atoms with Crippen molar-refractivity contribution in [2.45, 2.75) is 51.2 Å². The van der Waals surface area contributed by atoms with Crippen LogP contribution in [0.15, 0.2) is 59.5 Å². The van der Waals surface area contributed by atoms with Crippen LogP contribution in [0.25, 0.3) is 0 Å². The fraction of sp³-hybridized carbons (Fsp3) is 0.435. The number of aliphatic hydroxyl groups is 1. The molecule has 0 aliphatic heterocycles. The lowest BCUT2D eigenvalue weighted by molar-refractivity contribution is -0.149. The van der Waals surface area contributed by atoms with Crippen molar-refractivity contribution < 1.29 is 32.6 Å². The van der Waals surface area contributed by atoms with Crippen LogP contribution in [-0.2, 0) is 18.6 Å². The zero-order chi connectivity index (χ0) is 26.6. The van der Waals surface area contributed by atoms with Gasteiger partial charge in [0.2, 0.25) is 0 Å². The van der Waals surface area contributed by atoms with E-state index >= 15 is 4.39 Å². The van der Waals surface area contributed by atoms with E-state index in [1.54, 1.807) is 32.0 Å². The third kappa shape index (κ3) is 6.38. The maximum atomic E-state index is 15.1. The van der Waals surface area contributed by atoms with E-state index in [2.05, 4.69) is 16.7 Å². The Morgan fingerprint density at radius 3 is 2.58 bits per heavy atom. The summed E-state index contributed by atoms with van der Waals surface area (Å²) in [6, 6.07) is 7.09. The van der Waals surface area contributed by atoms with Crippen molar-refractivity contribution in [3.05, 3.63) is 65.2 Å². The van der Waals surface area contributed by atoms with Gasteiger partial charge in [-0.1, -0.05) is 24.8 Å². The predicted octanol–water partition coefficient (Wildman–Crippen LogP) is 2.38. The number of halogens is 1. The van der Waals surface area contributed by atoms with Gasteiger partial charge >= 0.3 is 19.4 Å². The summed E-state index contributed by atoms with van der Waals surface area (Å²) in [5.74, 6) is -1.59. The molecule has 1 aliphatic rings. The van der Waals surface area contributed by atoms with Crippen LogP contribution in [0.2, 0.25) is 0 Å². The van der Waals surface area contributed by atoms with Crippen molar-refractivity contribution >= 4 is 19.5 Å². The standard InChI is InChI=1S/C23H30FN4O7P/c1-13(2)34-22(30)15(4)27-36(32,35-16-8-6-5-7-9-16)33-12-17-14(3)20(19(24)21(17)29)28-11-10-18(25)26-23(28)31/h5-11,13,15,17,19-21,29H,3,12H2,1-2,4H3,(H,27,32)(H2,25,26,31)/t15-,17-,19?,20+,21?,36-/m0/s1. The molecule has 4 N–H and O–H groups in total. The fourth-order valence-electron chi connectivity index (χ4n) is 3.74. The number of ether oxygens (including phenoxy) is 1. The van der Waals surface area contributed by atoms with Crippen LogP contribution in [0.5, 0.6) is 5.75 Å². The summed E-state index contributed by atoms with van der Waals surface area (Å²) >= 11 is 0. The van der Waals surface area contributed by atoms with Crippen LogP contribution in [0, 0.1) is 5.92 Å². The molecule has 0 bridgehead atoms. The van der Waals surface area contributed by atoms with Gasteiger partial charge in [-0.2, -0.15) is 10.1 Å². The summed E-state index contributed by atoms with van der Waals surface area (Å²) in [6.07, 6.45) is -2.69. The predicted molar refractivity (Wildman–Crippen MR) is 130 cm³/mol. The van der Waals surface area contributed by atoms with Crippen molar-refractivity contribution in [1.82, 2.24) is 14.6 Å². The lowest BCUT2D eigenvalue weighted by Gasteiger charge is -2.25. The van der Waals surface area contributed by atoms with Gasteiger partial charge in [0, 0.05) is 12.1 Å². The van der Waals surface area contributed by atoms with Crippen LogP contribution < -0.4 is 21.0 Å². The first-order chi connectivity index (χ1) is 16.9. The van der Waals surface area contributed by atoms with E-state index in [9.17, 15) is 19.3 Å². The second-order valence-corrected chi connectivity index (χ2v) is 10.3. The number of hydrogen-bond acceptors (Lipinski definition) is 9. The molecule has 1 aromatic carbocycles. The van der Waals surface area contributed by atoms with Crippen molar-refractivity contribution in [2.24, 2.45) is 5.92 Å². The molecule has 1 saturated carbocycles. The normalized spacial score (nSPS) is 24.3. The highest BCUT2D eigenvalue weighted by Gasteiger charge is 2.48. The number of nitrogens with one attached hydrogen (secondary N) is 1. The second kappa shape index (κ2) is 11.3. The first-order valence-corrected chi connectivity index (χ1v) is 12.8. The van der Waals surface area contributed by atoms with E-state index in [0.29, 0.717) is 0 Å². The smallest absolute Gasteiger partial charge is 0.459 e. The van der Waals surface area contributed by atoms with Crippen LogP contribution in [-0.4, -0.2) is 51.7 Å². The number of esters is 1. The zero-order valence-corrected chi connectivity index (χ0v) is 21.0. The van der Waals surface area contributed by atoms with Gasteiger partial charge in [0.25, 0.3) is 0 Å². The molecule has 0 radical (unpaired) electrons. The number of nitrogens with zero attached hydrogens (tertiary/aromatic N) is 2. The largest absolute Gasteiger partial charge is 0.462 e. The van der Waals surface area contributed by atoms with Gasteiger partial charge in [0.1, 0.15) is 17.6 Å². The maximum absolute atomic E-state index is 15.1. The number of para-hydroxylation sites is 1. The summed E-state index contributed by atoms with van der Waals surface area (Å²) in [5.41, 5.74) is 4.82. The lowest BCUT2D eigenvalue weighted by Crippen LogP contribution is -2.37. The van der Waals surface area contributed by atoms with Crippen molar-refractivity contribution in [3.63, 3.8) is 0 Å². The van der Waals surface area contributed by atoms with Crippen molar-refractivity contribution in [1.29, 1.82) is 0 Å². The van der Waals surface area contributed by atoms with Gasteiger partial charge in [-0.15, -0.1) is 0 Å². The van der Waals surface area contributed by atoms with Gasteiger partial charge in [-0.25, -0.2) is 13.8 Å². The Balaban J connectivity index is 1.81. The summed E-state index contributed by atoms with van der Waals surface area (Å²) in [5, 5.41) is 13.1. The molecule has 0 saturated heterocycles. The van der Waals surface area contributed by atoms with Crippen molar-refractivity contribution in [2.75, 3.05) is 12.3 Å². The Hall–Kier alpha value is -3.05. The van der Waals surface area contributed by atoms with Gasteiger partial charge < -0.3 is 20.1 Å². The summed E-state index contributed by atoms with van der Waals surface area (Å²) in [4.78, 5) is 28.1. The number of rotatable bonds is 10. The summed E-state index contributed by atoms with van der Waals surface area (Å²) in [7, 11) is -4.25. The molecule has 1 fully saturated rings. The number of nitrogens with two attached hydrogens (primary N) is 1. The average Bonchev–Trinajstić information content (AvgIpc) is 3.00. The first kappa shape index (κ1) is 27.5. The monoisotopic (exact) mass is 524 g/mol. The Morgan fingerprint density at radius 2 is 1.97 bits per heavy atom. The van der Waals surface area contributed by atoms with Crippen LogP contribution >= 0.6 is 7.75 Å². The maximum Gasteiger partial charge on any atom is 0.459 e. The number of hydrogen-bond donors (Lipinski definition) is 3. The van der Waals surface area contributed by atoms with E-state index < -0.39 is 62.4 Å². The molecule has 1 aliphatic carbocycles. The highest BCUT2D eigenvalue weighted by molar-refractivity contribution is 7.52. The Labute approximate surface area is 207 Å². The van der Waals surface area contributed by atoms with E-state index in [0.717, 1.165) is 4.57 Å². The van der Waals surface area contributed by atoms with E-state index in [4.69, 9.17) is 19.5 Å². The number of nitrogen functional groups attached to an aromatic ring is 1. The van der Waals surface area contributed by atoms with Gasteiger partial charge in [-0.05, 0) is 44.5 Å². The van der Waals surface area contributed by atoms with E-state index in [1.807, 2.05) is 0 Å². The zero-order valence-electron chi connectivity index (χ0n) is 20.1. The molecule has 2 unspecified atom stereocenters. The number of alkyl halides is 1. The molecule has 196 valence electrons. The first-order valence-electron chi connectivity index (χ1n) is 11.2. The molecule has 1 heterocycles. The second-order valence-electron chi connectivity index (χ2n) is 8.64. The van der Waals surface area contributed by atoms with E-state index in [-0.39, 0.29) is 17.1 Å². The van der Waals surface area contributed by atoms with Crippen molar-refractivity contribution in [3.8, 4) is 5.75 Å². The number of carbonyl (C=O) groups is 1. The highest BCUT2D eigenvalue weighted by Crippen LogP contribution is 2.48. The fourth-order valence-corrected chi connectivity index (χ4v) is 5.26. The number of carbonyl (C=O) groups excluding carboxylic acids is 1. The number of anilines is 1. The third-order valence-electron chi connectivity index (χ3n) is 5.50. The number of aliphatic hydroxyl groups excluding tert-OH is 1. The molecule has 11 nitrogen and oxygen atoms in total. The van der Waals surface area contributed by atoms with Crippen LogP contribution in [0.3, 0.4) is 0 Å². The molecule has 13 heteroatoms. The van der Waals surface area contributed by atoms with Crippen LogP contribution in [0.1, 0.15) is 26.8 Å². The third-order valence-corrected chi connectivity index (χ3v) is 7.14. The molecular weight excluding hydrogens is 494 g/mol. The van der Waals surface area contributed by atoms with Gasteiger partial charge in [-0.3, -0.25) is 13.9 Å². The minimum Gasteiger partial charge on any atom is -0.462 e. The Bertz CT molecular complexity index is 1190. The lowest BCUT2D eigenvalue weighted by atomic mass is 10.0. The molecule has 2 aromatic rings. The molecule has 6 atom stereocenters. The molecule has 3 rings (SSSR count). The summed E-state index contributed by atoms with van der Waals surface area (Å²) < 4.78 is 46.0. The van der Waals surface area contributed by atoms with Crippen LogP contribution in [0.4, 0.5) is 10.2 Å². The highest BCUT2D eigenvalue weighted by atomic mass is 31.2. The SMILES string of the molecule is C=C1[C@@H](n2ccc(N)nc2=O)C(F)C(O)[C@H]1CO[P@@](=O)(N[C@@H](C)C(=O)OC(C)C)Oc1ccccc1. The topological polar surface area (TPSA) is 155 Å². The number of aromatic nitrogens is 2. The van der Waals surface area contributed by atoms with Gasteiger partial charge in [0.15, 0.2) is 6.17 Å². The summed E-state index contributed by atoms with van der Waals surface area (Å²) in [6.45, 7) is 8.11. The molecule has 36 heavy (non-hydrogen) atoms. The van der Waals surface area contributed by atoms with E-state index in [1.165, 1.54) is 31.3 Å². The minimum atomic E-state index is -4.25. The van der Waals surface area contributed by atoms with Gasteiger partial charge in [0.05, 0.1) is 24.9 Å². The Kier molecular flexibility index (Phi) is 8.67. The molecule has 0 amide bonds. The number of benzene rings is 1. The molecule has 1 aromatic heterocycles. The Morgan fingerprint density at radius 1 is 1.31 bits per heavy atom. The minimum absolute atomic E-state index is 0.0362.